The van der Waals surface area contributed by atoms with Crippen molar-refractivity contribution in [3.63, 3.8) is 0 Å². The highest BCUT2D eigenvalue weighted by Gasteiger charge is 2.16. The van der Waals surface area contributed by atoms with Gasteiger partial charge in [0.15, 0.2) is 5.57 Å². The van der Waals surface area contributed by atoms with Gasteiger partial charge < -0.3 is 9.73 Å². The zero-order valence-corrected chi connectivity index (χ0v) is 16.7. The maximum atomic E-state index is 12.8. The standard InChI is InChI=1S/C20H17N3O3S2/c1-3-7-23-19(25)17(10-16-13(2)6-9-27-16)28-20(23)15(11-21)18(24)22-12-14-5-4-8-26-14/h3-6,8-10H,1,7,12H2,2H3,(H,22,24)/b17-10-,20-15-. The first kappa shape index (κ1) is 19.6. The Morgan fingerprint density at radius 3 is 2.89 bits per heavy atom. The molecule has 142 valence electrons. The van der Waals surface area contributed by atoms with E-state index in [9.17, 15) is 14.9 Å². The summed E-state index contributed by atoms with van der Waals surface area (Å²) in [6.07, 6.45) is 4.87. The van der Waals surface area contributed by atoms with Crippen LogP contribution in [0.25, 0.3) is 11.6 Å². The molecule has 0 radical (unpaired) electrons. The van der Waals surface area contributed by atoms with Crippen LogP contribution < -0.4 is 20.1 Å². The van der Waals surface area contributed by atoms with Crippen molar-refractivity contribution in [2.75, 3.05) is 0 Å². The number of nitriles is 1. The van der Waals surface area contributed by atoms with Crippen LogP contribution in [0.2, 0.25) is 0 Å². The molecule has 3 aromatic rings. The zero-order valence-electron chi connectivity index (χ0n) is 15.1. The van der Waals surface area contributed by atoms with Crippen molar-refractivity contribution in [1.29, 1.82) is 5.26 Å². The normalized spacial score (nSPS) is 12.5. The lowest BCUT2D eigenvalue weighted by Crippen LogP contribution is -2.34. The second kappa shape index (κ2) is 8.69. The summed E-state index contributed by atoms with van der Waals surface area (Å²) >= 11 is 2.66. The molecule has 3 rings (SSSR count). The molecule has 0 unspecified atom stereocenters. The Balaban J connectivity index is 2.10. The first-order valence-electron chi connectivity index (χ1n) is 8.36. The van der Waals surface area contributed by atoms with Gasteiger partial charge in [-0.25, -0.2) is 0 Å². The second-order valence-electron chi connectivity index (χ2n) is 5.84. The number of carbonyl (C=O) groups excluding carboxylic acids is 1. The van der Waals surface area contributed by atoms with E-state index in [1.165, 1.54) is 22.2 Å². The largest absolute Gasteiger partial charge is 0.467 e. The van der Waals surface area contributed by atoms with Crippen molar-refractivity contribution < 1.29 is 9.21 Å². The van der Waals surface area contributed by atoms with Gasteiger partial charge >= 0.3 is 0 Å². The minimum Gasteiger partial charge on any atom is -0.467 e. The van der Waals surface area contributed by atoms with Crippen LogP contribution in [0.4, 0.5) is 0 Å². The van der Waals surface area contributed by atoms with Gasteiger partial charge in [-0.15, -0.1) is 29.3 Å². The fourth-order valence-corrected chi connectivity index (χ4v) is 4.54. The number of aromatic nitrogens is 1. The topological polar surface area (TPSA) is 88.0 Å². The molecule has 3 heterocycles. The molecule has 8 heteroatoms. The molecule has 0 fully saturated rings. The third kappa shape index (κ3) is 4.06. The molecule has 28 heavy (non-hydrogen) atoms. The van der Waals surface area contributed by atoms with Crippen molar-refractivity contribution in [3.05, 3.63) is 78.2 Å². The molecule has 0 aliphatic rings. The number of thiazole rings is 1. The predicted molar refractivity (Wildman–Crippen MR) is 110 cm³/mol. The van der Waals surface area contributed by atoms with Crippen LogP contribution in [-0.4, -0.2) is 10.5 Å². The Labute approximate surface area is 169 Å². The Bertz CT molecular complexity index is 1220. The van der Waals surface area contributed by atoms with Crippen molar-refractivity contribution in [1.82, 2.24) is 9.88 Å². The molecule has 0 saturated carbocycles. The molecule has 0 aliphatic carbocycles. The molecular formula is C20H17N3O3S2. The van der Waals surface area contributed by atoms with Gasteiger partial charge in [-0.05, 0) is 42.1 Å². The summed E-state index contributed by atoms with van der Waals surface area (Å²) in [6.45, 7) is 6.00. The SMILES string of the molecule is C=CCn1c(=O)/c(=C/c2sccc2C)s/c1=C(/C#N)C(=O)NCc1ccco1. The van der Waals surface area contributed by atoms with Gasteiger partial charge in [-0.3, -0.25) is 14.2 Å². The van der Waals surface area contributed by atoms with E-state index in [-0.39, 0.29) is 24.2 Å². The molecule has 0 atom stereocenters. The minimum atomic E-state index is -0.559. The van der Waals surface area contributed by atoms with Gasteiger partial charge in [0.2, 0.25) is 0 Å². The molecule has 0 bridgehead atoms. The fraction of sp³-hybridized carbons (Fsp3) is 0.150. The maximum Gasteiger partial charge on any atom is 0.269 e. The van der Waals surface area contributed by atoms with E-state index in [4.69, 9.17) is 4.42 Å². The quantitative estimate of drug-likeness (QED) is 0.628. The van der Waals surface area contributed by atoms with Crippen molar-refractivity contribution in [3.8, 4) is 6.07 Å². The molecule has 3 aromatic heterocycles. The first-order chi connectivity index (χ1) is 13.5. The van der Waals surface area contributed by atoms with Gasteiger partial charge in [-0.1, -0.05) is 6.08 Å². The molecule has 1 amide bonds. The third-order valence-corrected chi connectivity index (χ3v) is 6.04. The van der Waals surface area contributed by atoms with Crippen LogP contribution in [0.5, 0.6) is 0 Å². The van der Waals surface area contributed by atoms with Crippen molar-refractivity contribution in [2.24, 2.45) is 0 Å². The van der Waals surface area contributed by atoms with E-state index in [1.54, 1.807) is 24.3 Å². The molecule has 0 aliphatic heterocycles. The number of nitrogens with one attached hydrogen (secondary N) is 1. The Morgan fingerprint density at radius 1 is 1.46 bits per heavy atom. The number of thiophene rings is 1. The van der Waals surface area contributed by atoms with Gasteiger partial charge in [0.05, 0.1) is 17.3 Å². The van der Waals surface area contributed by atoms with E-state index >= 15 is 0 Å². The Kier molecular flexibility index (Phi) is 6.09. The molecule has 0 aromatic carbocycles. The van der Waals surface area contributed by atoms with E-state index in [1.807, 2.05) is 24.4 Å². The summed E-state index contributed by atoms with van der Waals surface area (Å²) in [4.78, 5) is 26.4. The number of aryl methyl sites for hydroxylation is 1. The third-order valence-electron chi connectivity index (χ3n) is 3.94. The van der Waals surface area contributed by atoms with Crippen molar-refractivity contribution >= 4 is 40.2 Å². The minimum absolute atomic E-state index is 0.113. The van der Waals surface area contributed by atoms with Crippen LogP contribution >= 0.6 is 22.7 Å². The highest BCUT2D eigenvalue weighted by molar-refractivity contribution is 7.11. The predicted octanol–water partition coefficient (Wildman–Crippen LogP) is 1.88. The number of carbonyl (C=O) groups is 1. The summed E-state index contributed by atoms with van der Waals surface area (Å²) in [5.41, 5.74) is 0.702. The number of furan rings is 1. The molecular weight excluding hydrogens is 394 g/mol. The average molecular weight is 412 g/mol. The van der Waals surface area contributed by atoms with E-state index in [0.717, 1.165) is 21.8 Å². The van der Waals surface area contributed by atoms with Crippen molar-refractivity contribution in [2.45, 2.75) is 20.0 Å². The van der Waals surface area contributed by atoms with Crippen LogP contribution in [0.15, 0.2) is 51.7 Å². The van der Waals surface area contributed by atoms with Gasteiger partial charge in [0, 0.05) is 11.4 Å². The van der Waals surface area contributed by atoms with Crippen LogP contribution in [0, 0.1) is 18.3 Å². The summed E-state index contributed by atoms with van der Waals surface area (Å²) in [7, 11) is 0. The van der Waals surface area contributed by atoms with E-state index in [2.05, 4.69) is 11.9 Å². The van der Waals surface area contributed by atoms with Crippen LogP contribution in [0.1, 0.15) is 16.2 Å². The van der Waals surface area contributed by atoms with Gasteiger partial charge in [0.1, 0.15) is 16.5 Å². The average Bonchev–Trinajstić information content (AvgIpc) is 3.40. The zero-order chi connectivity index (χ0) is 20.1. The van der Waals surface area contributed by atoms with E-state index < -0.39 is 5.91 Å². The maximum absolute atomic E-state index is 12.8. The van der Waals surface area contributed by atoms with Gasteiger partial charge in [-0.2, -0.15) is 5.26 Å². The lowest BCUT2D eigenvalue weighted by Gasteiger charge is -2.02. The molecule has 6 nitrogen and oxygen atoms in total. The fourth-order valence-electron chi connectivity index (χ4n) is 2.52. The summed E-state index contributed by atoms with van der Waals surface area (Å²) in [5.74, 6) is 0.0133. The number of hydrogen-bond acceptors (Lipinski definition) is 6. The van der Waals surface area contributed by atoms with Crippen LogP contribution in [-0.2, 0) is 17.9 Å². The van der Waals surface area contributed by atoms with Crippen LogP contribution in [0.3, 0.4) is 0 Å². The highest BCUT2D eigenvalue weighted by atomic mass is 32.1. The monoisotopic (exact) mass is 411 g/mol. The number of nitrogens with zero attached hydrogens (tertiary/aromatic N) is 2. The summed E-state index contributed by atoms with van der Waals surface area (Å²) in [6, 6.07) is 7.35. The first-order valence-corrected chi connectivity index (χ1v) is 10.1. The Hall–Kier alpha value is -3.15. The van der Waals surface area contributed by atoms with Gasteiger partial charge in [0.25, 0.3) is 11.5 Å². The summed E-state index contributed by atoms with van der Waals surface area (Å²) < 4.78 is 7.36. The number of hydrogen-bond donors (Lipinski definition) is 1. The number of rotatable bonds is 6. The number of allylic oxidation sites excluding steroid dienone is 1. The summed E-state index contributed by atoms with van der Waals surface area (Å²) in [5, 5.41) is 14.2. The molecule has 0 saturated heterocycles. The molecule has 0 spiro atoms. The Morgan fingerprint density at radius 2 is 2.29 bits per heavy atom. The highest BCUT2D eigenvalue weighted by Crippen LogP contribution is 2.15. The second-order valence-corrected chi connectivity index (χ2v) is 7.82. The number of amides is 1. The molecule has 1 N–H and O–H groups in total. The van der Waals surface area contributed by atoms with E-state index in [0.29, 0.717) is 15.0 Å². The lowest BCUT2D eigenvalue weighted by molar-refractivity contribution is -0.115. The lowest BCUT2D eigenvalue weighted by atomic mass is 10.3. The smallest absolute Gasteiger partial charge is 0.269 e.